The van der Waals surface area contributed by atoms with Gasteiger partial charge in [0.05, 0.1) is 11.7 Å². The summed E-state index contributed by atoms with van der Waals surface area (Å²) in [6.07, 6.45) is 4.77. The number of halogens is 1. The first-order valence-corrected chi connectivity index (χ1v) is 8.96. The van der Waals surface area contributed by atoms with Crippen molar-refractivity contribution >= 4 is 5.91 Å². The van der Waals surface area contributed by atoms with Gasteiger partial charge in [-0.25, -0.2) is 4.39 Å². The molecule has 1 saturated carbocycles. The molecule has 1 amide bonds. The van der Waals surface area contributed by atoms with E-state index in [1.54, 1.807) is 0 Å². The Hall–Kier alpha value is -2.21. The Morgan fingerprint density at radius 1 is 1.24 bits per heavy atom. The number of fused-ring (bicyclic) bond motifs is 1. The number of nitrogens with zero attached hydrogens (tertiary/aromatic N) is 3. The molecule has 6 heteroatoms. The molecule has 25 heavy (non-hydrogen) atoms. The predicted octanol–water partition coefficient (Wildman–Crippen LogP) is 2.50. The summed E-state index contributed by atoms with van der Waals surface area (Å²) in [6.45, 7) is 3.19. The topological polar surface area (TPSA) is 50.2 Å². The first-order valence-electron chi connectivity index (χ1n) is 8.96. The van der Waals surface area contributed by atoms with Crippen LogP contribution in [0.3, 0.4) is 0 Å². The summed E-state index contributed by atoms with van der Waals surface area (Å²) < 4.78 is 15.2. The van der Waals surface area contributed by atoms with Crippen LogP contribution in [0.2, 0.25) is 0 Å². The van der Waals surface area contributed by atoms with E-state index < -0.39 is 0 Å². The second-order valence-electron chi connectivity index (χ2n) is 7.07. The van der Waals surface area contributed by atoms with Gasteiger partial charge in [0.15, 0.2) is 0 Å². The van der Waals surface area contributed by atoms with Crippen LogP contribution in [0.25, 0.3) is 0 Å². The zero-order valence-electron chi connectivity index (χ0n) is 14.2. The fourth-order valence-electron chi connectivity index (χ4n) is 3.50. The summed E-state index contributed by atoms with van der Waals surface area (Å²) in [6, 6.07) is 8.99. The lowest BCUT2D eigenvalue weighted by Gasteiger charge is -2.34. The third-order valence-corrected chi connectivity index (χ3v) is 5.00. The summed E-state index contributed by atoms with van der Waals surface area (Å²) in [5.74, 6) is 0.242. The van der Waals surface area contributed by atoms with E-state index in [4.69, 9.17) is 0 Å². The van der Waals surface area contributed by atoms with Crippen molar-refractivity contribution in [3.8, 4) is 0 Å². The average Bonchev–Trinajstić information content (AvgIpc) is 3.35. The van der Waals surface area contributed by atoms with E-state index in [2.05, 4.69) is 20.0 Å². The number of carbonyl (C=O) groups excluding carboxylic acids is 1. The number of aromatic nitrogens is 2. The van der Waals surface area contributed by atoms with E-state index in [1.165, 1.54) is 17.8 Å². The molecule has 2 aromatic rings. The van der Waals surface area contributed by atoms with Crippen LogP contribution in [0, 0.1) is 11.7 Å². The van der Waals surface area contributed by atoms with Gasteiger partial charge < -0.3 is 5.32 Å². The molecule has 0 spiro atoms. The van der Waals surface area contributed by atoms with Gasteiger partial charge in [-0.05, 0) is 43.0 Å². The van der Waals surface area contributed by atoms with Gasteiger partial charge in [-0.1, -0.05) is 12.1 Å². The van der Waals surface area contributed by atoms with Crippen molar-refractivity contribution < 1.29 is 9.18 Å². The van der Waals surface area contributed by atoms with Gasteiger partial charge in [-0.2, -0.15) is 5.10 Å². The molecule has 1 atom stereocenters. The maximum Gasteiger partial charge on any atom is 0.223 e. The van der Waals surface area contributed by atoms with Crippen LogP contribution in [0.15, 0.2) is 36.5 Å². The van der Waals surface area contributed by atoms with Crippen molar-refractivity contribution in [2.24, 2.45) is 5.92 Å². The minimum Gasteiger partial charge on any atom is -0.356 e. The summed E-state index contributed by atoms with van der Waals surface area (Å²) in [4.78, 5) is 14.2. The number of carbonyl (C=O) groups is 1. The van der Waals surface area contributed by atoms with E-state index in [-0.39, 0.29) is 23.7 Å². The number of nitrogens with one attached hydrogen (secondary N) is 1. The Bertz CT molecular complexity index is 738. The summed E-state index contributed by atoms with van der Waals surface area (Å²) in [5, 5.41) is 7.51. The predicted molar refractivity (Wildman–Crippen MR) is 92.1 cm³/mol. The first-order chi connectivity index (χ1) is 12.2. The van der Waals surface area contributed by atoms with Gasteiger partial charge in [0.25, 0.3) is 0 Å². The summed E-state index contributed by atoms with van der Waals surface area (Å²) in [7, 11) is 0. The van der Waals surface area contributed by atoms with Crippen LogP contribution in [0.5, 0.6) is 0 Å². The molecule has 5 nitrogen and oxygen atoms in total. The highest BCUT2D eigenvalue weighted by atomic mass is 19.1. The second kappa shape index (κ2) is 6.96. The van der Waals surface area contributed by atoms with Gasteiger partial charge in [0.2, 0.25) is 5.91 Å². The average molecular weight is 342 g/mol. The number of hydrogen-bond acceptors (Lipinski definition) is 3. The molecular weight excluding hydrogens is 319 g/mol. The molecule has 1 N–H and O–H groups in total. The Morgan fingerprint density at radius 2 is 2.04 bits per heavy atom. The molecule has 2 aliphatic rings. The molecule has 1 aromatic carbocycles. The number of hydrogen-bond donors (Lipinski definition) is 1. The number of amides is 1. The van der Waals surface area contributed by atoms with Crippen LogP contribution in [0.1, 0.15) is 36.6 Å². The summed E-state index contributed by atoms with van der Waals surface area (Å²) >= 11 is 0. The van der Waals surface area contributed by atoms with Crippen molar-refractivity contribution in [3.05, 3.63) is 53.6 Å². The quantitative estimate of drug-likeness (QED) is 0.877. The largest absolute Gasteiger partial charge is 0.356 e. The lowest BCUT2D eigenvalue weighted by molar-refractivity contribution is -0.122. The van der Waals surface area contributed by atoms with Gasteiger partial charge >= 0.3 is 0 Å². The Morgan fingerprint density at radius 3 is 2.80 bits per heavy atom. The van der Waals surface area contributed by atoms with E-state index in [1.807, 2.05) is 24.4 Å². The smallest absolute Gasteiger partial charge is 0.223 e. The Labute approximate surface area is 146 Å². The fraction of sp³-hybridized carbons (Fsp3) is 0.474. The monoisotopic (exact) mass is 342 g/mol. The second-order valence-corrected chi connectivity index (χ2v) is 7.07. The molecule has 1 aromatic heterocycles. The fourth-order valence-corrected chi connectivity index (χ4v) is 3.50. The van der Waals surface area contributed by atoms with Crippen molar-refractivity contribution in [1.29, 1.82) is 0 Å². The van der Waals surface area contributed by atoms with Crippen LogP contribution >= 0.6 is 0 Å². The molecule has 2 heterocycles. The molecule has 0 radical (unpaired) electrons. The standard InChI is InChI=1S/C19H23FN4O/c20-16-5-1-14(2-6-16)11-23-12-17(24-18(13-23)8-10-22-24)7-9-21-19(25)15-3-4-15/h1-2,5-6,8,10,15,17H,3-4,7,9,11-13H2,(H,21,25)/t17-/m1/s1. The minimum atomic E-state index is -0.204. The molecular formula is C19H23FN4O. The minimum absolute atomic E-state index is 0.194. The van der Waals surface area contributed by atoms with E-state index in [9.17, 15) is 9.18 Å². The molecule has 132 valence electrons. The van der Waals surface area contributed by atoms with E-state index >= 15 is 0 Å². The summed E-state index contributed by atoms with van der Waals surface area (Å²) in [5.41, 5.74) is 2.29. The molecule has 0 bridgehead atoms. The first kappa shape index (κ1) is 16.3. The SMILES string of the molecule is O=C(NCC[C@@H]1CN(Cc2ccc(F)cc2)Cc2ccnn21)C1CC1. The third-order valence-electron chi connectivity index (χ3n) is 5.00. The molecule has 0 unspecified atom stereocenters. The molecule has 1 aliphatic carbocycles. The molecule has 4 rings (SSSR count). The normalized spacial score (nSPS) is 20.3. The van der Waals surface area contributed by atoms with Crippen molar-refractivity contribution in [3.63, 3.8) is 0 Å². The third kappa shape index (κ3) is 3.90. The van der Waals surface area contributed by atoms with Crippen LogP contribution in [-0.2, 0) is 17.9 Å². The highest BCUT2D eigenvalue weighted by molar-refractivity contribution is 5.80. The van der Waals surface area contributed by atoms with Crippen molar-refractivity contribution in [2.45, 2.75) is 38.4 Å². The van der Waals surface area contributed by atoms with Gasteiger partial charge in [-0.3, -0.25) is 14.4 Å². The maximum atomic E-state index is 13.1. The van der Waals surface area contributed by atoms with Crippen molar-refractivity contribution in [2.75, 3.05) is 13.1 Å². The maximum absolute atomic E-state index is 13.1. The molecule has 1 fully saturated rings. The van der Waals surface area contributed by atoms with Gasteiger partial charge in [-0.15, -0.1) is 0 Å². The highest BCUT2D eigenvalue weighted by Gasteiger charge is 2.30. The van der Waals surface area contributed by atoms with E-state index in [0.717, 1.165) is 44.5 Å². The van der Waals surface area contributed by atoms with E-state index in [0.29, 0.717) is 6.54 Å². The van der Waals surface area contributed by atoms with Crippen LogP contribution < -0.4 is 5.32 Å². The molecule has 1 aliphatic heterocycles. The lowest BCUT2D eigenvalue weighted by atomic mass is 10.1. The Kier molecular flexibility index (Phi) is 4.53. The van der Waals surface area contributed by atoms with Gasteiger partial charge in [0.1, 0.15) is 5.82 Å². The van der Waals surface area contributed by atoms with Gasteiger partial charge in [0, 0.05) is 38.3 Å². The van der Waals surface area contributed by atoms with Crippen molar-refractivity contribution in [1.82, 2.24) is 20.0 Å². The van der Waals surface area contributed by atoms with Crippen LogP contribution in [0.4, 0.5) is 4.39 Å². The van der Waals surface area contributed by atoms with Crippen LogP contribution in [-0.4, -0.2) is 33.7 Å². The number of rotatable bonds is 6. The zero-order chi connectivity index (χ0) is 17.2. The molecule has 0 saturated heterocycles. The highest BCUT2D eigenvalue weighted by Crippen LogP contribution is 2.29. The number of benzene rings is 1. The zero-order valence-corrected chi connectivity index (χ0v) is 14.2. The lowest BCUT2D eigenvalue weighted by Crippen LogP contribution is -2.39. The Balaban J connectivity index is 1.38.